The van der Waals surface area contributed by atoms with Crippen LogP contribution in [0.2, 0.25) is 0 Å². The minimum absolute atomic E-state index is 0.108. The molecule has 1 saturated heterocycles. The summed E-state index contributed by atoms with van der Waals surface area (Å²) >= 11 is 0. The summed E-state index contributed by atoms with van der Waals surface area (Å²) in [6, 6.07) is 7.32. The van der Waals surface area contributed by atoms with E-state index < -0.39 is 5.54 Å². The average Bonchev–Trinajstić information content (AvgIpc) is 3.37. The van der Waals surface area contributed by atoms with Gasteiger partial charge in [0.15, 0.2) is 5.82 Å². The zero-order chi connectivity index (χ0) is 23.3. The van der Waals surface area contributed by atoms with Crippen molar-refractivity contribution in [3.05, 3.63) is 36.0 Å². The molecule has 33 heavy (non-hydrogen) atoms. The molecule has 4 rings (SSSR count). The van der Waals surface area contributed by atoms with Crippen LogP contribution in [-0.4, -0.2) is 34.4 Å². The van der Waals surface area contributed by atoms with E-state index in [0.717, 1.165) is 50.6 Å². The third-order valence-corrected chi connectivity index (χ3v) is 6.35. The summed E-state index contributed by atoms with van der Waals surface area (Å²) in [5.74, 6) is 0.700. The number of carbonyl (C=O) groups is 3. The summed E-state index contributed by atoms with van der Waals surface area (Å²) in [7, 11) is 0. The maximum Gasteiger partial charge on any atom is 0.227 e. The molecule has 2 aromatic rings. The smallest absolute Gasteiger partial charge is 0.227 e. The maximum absolute atomic E-state index is 12.5. The van der Waals surface area contributed by atoms with E-state index in [0.29, 0.717) is 36.8 Å². The summed E-state index contributed by atoms with van der Waals surface area (Å²) < 4.78 is 5.43. The number of nitrogens with zero attached hydrogens (tertiary/aromatic N) is 3. The Morgan fingerprint density at radius 1 is 1.15 bits per heavy atom. The molecule has 0 atom stereocenters. The van der Waals surface area contributed by atoms with Gasteiger partial charge in [-0.25, -0.2) is 0 Å². The molecule has 0 radical (unpaired) electrons. The lowest BCUT2D eigenvalue weighted by Gasteiger charge is -2.30. The Bertz CT molecular complexity index is 1010. The zero-order valence-electron chi connectivity index (χ0n) is 19.1. The van der Waals surface area contributed by atoms with E-state index in [2.05, 4.69) is 20.8 Å². The summed E-state index contributed by atoms with van der Waals surface area (Å²) in [6.45, 7) is 2.21. The number of carbonyl (C=O) groups excluding carboxylic acids is 3. The first-order valence-corrected chi connectivity index (χ1v) is 11.8. The Balaban J connectivity index is 1.36. The van der Waals surface area contributed by atoms with Crippen molar-refractivity contribution in [2.24, 2.45) is 0 Å². The van der Waals surface area contributed by atoms with Gasteiger partial charge in [0.1, 0.15) is 5.54 Å². The van der Waals surface area contributed by atoms with Crippen LogP contribution in [0.15, 0.2) is 28.8 Å². The highest BCUT2D eigenvalue weighted by Gasteiger charge is 2.38. The second-order valence-corrected chi connectivity index (χ2v) is 8.94. The monoisotopic (exact) mass is 453 g/mol. The summed E-state index contributed by atoms with van der Waals surface area (Å²) in [5, 5.41) is 10.1. The number of benzene rings is 1. The van der Waals surface area contributed by atoms with E-state index in [9.17, 15) is 14.4 Å². The lowest BCUT2D eigenvalue weighted by atomic mass is 9.89. The standard InChI is InChI=1S/C24H31N5O4/c1-17(30)27-24(13-4-2-3-5-14-24)23-26-21(33-28-23)12-11-20(31)25-18-8-6-9-19(16-18)29-15-7-10-22(29)32/h6,8-9,16H,2-5,7,10-15H2,1H3,(H,25,31)(H,27,30). The first-order chi connectivity index (χ1) is 15.9. The van der Waals surface area contributed by atoms with Gasteiger partial charge < -0.3 is 20.1 Å². The molecule has 3 amide bonds. The van der Waals surface area contributed by atoms with Crippen molar-refractivity contribution in [3.8, 4) is 0 Å². The fraction of sp³-hybridized carbons (Fsp3) is 0.542. The molecular weight excluding hydrogens is 422 g/mol. The molecule has 1 saturated carbocycles. The summed E-state index contributed by atoms with van der Waals surface area (Å²) in [6.07, 6.45) is 7.70. The van der Waals surface area contributed by atoms with Gasteiger partial charge in [-0.05, 0) is 37.5 Å². The van der Waals surface area contributed by atoms with Gasteiger partial charge in [0, 0.05) is 44.1 Å². The van der Waals surface area contributed by atoms with E-state index in [1.54, 1.807) is 11.0 Å². The number of hydrogen-bond acceptors (Lipinski definition) is 6. The molecule has 1 aromatic carbocycles. The molecule has 0 bridgehead atoms. The van der Waals surface area contributed by atoms with Crippen molar-refractivity contribution in [2.75, 3.05) is 16.8 Å². The molecular formula is C24H31N5O4. The van der Waals surface area contributed by atoms with E-state index in [4.69, 9.17) is 4.52 Å². The predicted molar refractivity (Wildman–Crippen MR) is 122 cm³/mol. The van der Waals surface area contributed by atoms with Crippen LogP contribution in [0.25, 0.3) is 0 Å². The highest BCUT2D eigenvalue weighted by Crippen LogP contribution is 2.34. The van der Waals surface area contributed by atoms with Crippen molar-refractivity contribution in [2.45, 2.75) is 76.7 Å². The minimum Gasteiger partial charge on any atom is -0.343 e. The zero-order valence-corrected chi connectivity index (χ0v) is 19.1. The molecule has 0 unspecified atom stereocenters. The van der Waals surface area contributed by atoms with Crippen LogP contribution in [0.3, 0.4) is 0 Å². The first-order valence-electron chi connectivity index (χ1n) is 11.8. The van der Waals surface area contributed by atoms with Gasteiger partial charge in [-0.1, -0.05) is 36.9 Å². The topological polar surface area (TPSA) is 117 Å². The highest BCUT2D eigenvalue weighted by atomic mass is 16.5. The molecule has 2 aliphatic rings. The lowest BCUT2D eigenvalue weighted by Crippen LogP contribution is -2.45. The minimum atomic E-state index is -0.597. The Morgan fingerprint density at radius 3 is 2.64 bits per heavy atom. The van der Waals surface area contributed by atoms with Gasteiger partial charge in [0.05, 0.1) is 0 Å². The van der Waals surface area contributed by atoms with Crippen LogP contribution in [0.4, 0.5) is 11.4 Å². The van der Waals surface area contributed by atoms with Gasteiger partial charge in [0.2, 0.25) is 23.6 Å². The largest absolute Gasteiger partial charge is 0.343 e. The second-order valence-electron chi connectivity index (χ2n) is 8.94. The summed E-state index contributed by atoms with van der Waals surface area (Å²) in [4.78, 5) is 42.6. The second kappa shape index (κ2) is 10.1. The third kappa shape index (κ3) is 5.58. The number of anilines is 2. The normalized spacial score (nSPS) is 18.1. The SMILES string of the molecule is CC(=O)NC1(c2noc(CCC(=O)Nc3cccc(N4CCCC4=O)c3)n2)CCCCCC1. The highest BCUT2D eigenvalue weighted by molar-refractivity contribution is 5.97. The van der Waals surface area contributed by atoms with Crippen molar-refractivity contribution >= 4 is 29.1 Å². The third-order valence-electron chi connectivity index (χ3n) is 6.35. The lowest BCUT2D eigenvalue weighted by molar-refractivity contribution is -0.121. The van der Waals surface area contributed by atoms with Gasteiger partial charge in [-0.2, -0.15) is 4.98 Å². The molecule has 1 aromatic heterocycles. The number of nitrogens with one attached hydrogen (secondary N) is 2. The van der Waals surface area contributed by atoms with Crippen LogP contribution < -0.4 is 15.5 Å². The number of aromatic nitrogens is 2. The Hall–Kier alpha value is -3.23. The van der Waals surface area contributed by atoms with Crippen LogP contribution in [0.1, 0.15) is 76.4 Å². The fourth-order valence-corrected chi connectivity index (χ4v) is 4.74. The van der Waals surface area contributed by atoms with Gasteiger partial charge in [-0.15, -0.1) is 0 Å². The van der Waals surface area contributed by atoms with Crippen molar-refractivity contribution < 1.29 is 18.9 Å². The van der Waals surface area contributed by atoms with E-state index in [1.807, 2.05) is 18.2 Å². The molecule has 2 fully saturated rings. The van der Waals surface area contributed by atoms with Crippen LogP contribution in [-0.2, 0) is 26.3 Å². The molecule has 2 heterocycles. The number of aryl methyl sites for hydroxylation is 1. The van der Waals surface area contributed by atoms with Crippen LogP contribution in [0.5, 0.6) is 0 Å². The maximum atomic E-state index is 12.5. The Labute approximate surface area is 193 Å². The molecule has 9 heteroatoms. The first kappa shape index (κ1) is 22.9. The van der Waals surface area contributed by atoms with E-state index in [-0.39, 0.29) is 24.1 Å². The quantitative estimate of drug-likeness (QED) is 0.620. The number of amides is 3. The predicted octanol–water partition coefficient (Wildman–Crippen LogP) is 3.45. The van der Waals surface area contributed by atoms with E-state index >= 15 is 0 Å². The molecule has 1 aliphatic heterocycles. The molecule has 2 N–H and O–H groups in total. The van der Waals surface area contributed by atoms with E-state index in [1.165, 1.54) is 6.92 Å². The number of hydrogen-bond donors (Lipinski definition) is 2. The number of rotatable bonds is 7. The molecule has 1 aliphatic carbocycles. The Morgan fingerprint density at radius 2 is 1.94 bits per heavy atom. The Kier molecular flexibility index (Phi) is 7.05. The van der Waals surface area contributed by atoms with Crippen LogP contribution >= 0.6 is 0 Å². The van der Waals surface area contributed by atoms with Crippen LogP contribution in [0, 0.1) is 0 Å². The molecule has 176 valence electrons. The van der Waals surface area contributed by atoms with Gasteiger partial charge in [-0.3, -0.25) is 14.4 Å². The average molecular weight is 454 g/mol. The molecule has 9 nitrogen and oxygen atoms in total. The van der Waals surface area contributed by atoms with Crippen molar-refractivity contribution in [1.29, 1.82) is 0 Å². The van der Waals surface area contributed by atoms with Gasteiger partial charge in [0.25, 0.3) is 0 Å². The van der Waals surface area contributed by atoms with Gasteiger partial charge >= 0.3 is 0 Å². The summed E-state index contributed by atoms with van der Waals surface area (Å²) in [5.41, 5.74) is 0.842. The molecule has 0 spiro atoms. The fourth-order valence-electron chi connectivity index (χ4n) is 4.74. The van der Waals surface area contributed by atoms with Crippen molar-refractivity contribution in [1.82, 2.24) is 15.5 Å². The van der Waals surface area contributed by atoms with Crippen molar-refractivity contribution in [3.63, 3.8) is 0 Å².